The van der Waals surface area contributed by atoms with Crippen molar-refractivity contribution in [2.75, 3.05) is 12.4 Å². The minimum absolute atomic E-state index is 0.0254. The van der Waals surface area contributed by atoms with Gasteiger partial charge in [-0.1, -0.05) is 11.6 Å². The lowest BCUT2D eigenvalue weighted by molar-refractivity contribution is 0.0963. The van der Waals surface area contributed by atoms with Gasteiger partial charge in [-0.2, -0.15) is 0 Å². The number of aromatic nitrogens is 1. The van der Waals surface area contributed by atoms with E-state index in [1.165, 1.54) is 0 Å². The van der Waals surface area contributed by atoms with Gasteiger partial charge in [0, 0.05) is 18.0 Å². The van der Waals surface area contributed by atoms with Gasteiger partial charge in [0.05, 0.1) is 27.5 Å². The molecule has 0 saturated heterocycles. The second-order valence-electron chi connectivity index (χ2n) is 4.43. The van der Waals surface area contributed by atoms with Gasteiger partial charge in [-0.25, -0.2) is 4.98 Å². The van der Waals surface area contributed by atoms with Gasteiger partial charge in [-0.05, 0) is 32.0 Å². The van der Waals surface area contributed by atoms with Gasteiger partial charge >= 0.3 is 0 Å². The van der Waals surface area contributed by atoms with Crippen molar-refractivity contribution in [1.29, 1.82) is 0 Å². The number of carbonyl (C=O) groups is 1. The second-order valence-corrected chi connectivity index (χ2v) is 5.90. The predicted molar refractivity (Wildman–Crippen MR) is 83.7 cm³/mol. The van der Waals surface area contributed by atoms with Crippen LogP contribution in [0.1, 0.15) is 34.0 Å². The van der Waals surface area contributed by atoms with Crippen LogP contribution in [-0.4, -0.2) is 17.9 Å². The molecule has 0 spiro atoms. The Morgan fingerprint density at radius 1 is 1.45 bits per heavy atom. The van der Waals surface area contributed by atoms with Crippen molar-refractivity contribution in [3.05, 3.63) is 44.9 Å². The largest absolute Gasteiger partial charge is 0.376 e. The standard InChI is InChI=1S/C14H16ClN3OS/c1-8(13-7-20-9(2)18-13)17-12-6-10(14(19)16-3)4-5-11(12)15/h4-8,17H,1-3H3,(H,16,19). The number of nitrogens with one attached hydrogen (secondary N) is 2. The Morgan fingerprint density at radius 2 is 2.20 bits per heavy atom. The van der Waals surface area contributed by atoms with Gasteiger partial charge < -0.3 is 10.6 Å². The van der Waals surface area contributed by atoms with Crippen LogP contribution >= 0.6 is 22.9 Å². The number of rotatable bonds is 4. The molecular weight excluding hydrogens is 294 g/mol. The summed E-state index contributed by atoms with van der Waals surface area (Å²) in [6.45, 7) is 3.98. The first-order chi connectivity index (χ1) is 9.51. The summed E-state index contributed by atoms with van der Waals surface area (Å²) in [5.41, 5.74) is 2.26. The Hall–Kier alpha value is -1.59. The highest BCUT2D eigenvalue weighted by Gasteiger charge is 2.12. The molecule has 0 bridgehead atoms. The van der Waals surface area contributed by atoms with E-state index in [2.05, 4.69) is 15.6 Å². The summed E-state index contributed by atoms with van der Waals surface area (Å²) < 4.78 is 0. The number of aryl methyl sites for hydroxylation is 1. The number of thiazole rings is 1. The van der Waals surface area contributed by atoms with Crippen molar-refractivity contribution in [2.24, 2.45) is 0 Å². The van der Waals surface area contributed by atoms with Crippen LogP contribution in [0.5, 0.6) is 0 Å². The van der Waals surface area contributed by atoms with Crippen LogP contribution in [0.25, 0.3) is 0 Å². The number of benzene rings is 1. The summed E-state index contributed by atoms with van der Waals surface area (Å²) in [5.74, 6) is -0.137. The first kappa shape index (κ1) is 14.8. The van der Waals surface area contributed by atoms with E-state index in [-0.39, 0.29) is 11.9 Å². The minimum atomic E-state index is -0.137. The van der Waals surface area contributed by atoms with Crippen molar-refractivity contribution in [1.82, 2.24) is 10.3 Å². The lowest BCUT2D eigenvalue weighted by Gasteiger charge is -2.15. The summed E-state index contributed by atoms with van der Waals surface area (Å²) in [5, 5.41) is 9.51. The monoisotopic (exact) mass is 309 g/mol. The lowest BCUT2D eigenvalue weighted by atomic mass is 10.1. The van der Waals surface area contributed by atoms with Crippen LogP contribution in [0.3, 0.4) is 0 Å². The molecule has 0 radical (unpaired) electrons. The average Bonchev–Trinajstić information content (AvgIpc) is 2.87. The van der Waals surface area contributed by atoms with Gasteiger partial charge in [-0.3, -0.25) is 4.79 Å². The maximum atomic E-state index is 11.6. The van der Waals surface area contributed by atoms with Gasteiger partial charge in [0.25, 0.3) is 5.91 Å². The highest BCUT2D eigenvalue weighted by atomic mass is 35.5. The molecule has 2 N–H and O–H groups in total. The maximum Gasteiger partial charge on any atom is 0.251 e. The summed E-state index contributed by atoms with van der Waals surface area (Å²) in [7, 11) is 1.60. The molecule has 0 aliphatic heterocycles. The van der Waals surface area contributed by atoms with E-state index in [1.807, 2.05) is 19.2 Å². The molecule has 0 aliphatic rings. The highest BCUT2D eigenvalue weighted by Crippen LogP contribution is 2.27. The fourth-order valence-electron chi connectivity index (χ4n) is 1.81. The molecule has 1 unspecified atom stereocenters. The first-order valence-corrected chi connectivity index (χ1v) is 7.47. The molecule has 20 heavy (non-hydrogen) atoms. The fraction of sp³-hybridized carbons (Fsp3) is 0.286. The van der Waals surface area contributed by atoms with Crippen molar-refractivity contribution >= 4 is 34.5 Å². The van der Waals surface area contributed by atoms with E-state index in [4.69, 9.17) is 11.6 Å². The van der Waals surface area contributed by atoms with Crippen LogP contribution < -0.4 is 10.6 Å². The number of halogens is 1. The van der Waals surface area contributed by atoms with Crippen LogP contribution in [0.4, 0.5) is 5.69 Å². The normalized spacial score (nSPS) is 12.0. The molecule has 6 heteroatoms. The van der Waals surface area contributed by atoms with E-state index in [0.717, 1.165) is 16.4 Å². The number of carbonyl (C=O) groups excluding carboxylic acids is 1. The Bertz CT molecular complexity index is 627. The molecule has 0 saturated carbocycles. The third-order valence-corrected chi connectivity index (χ3v) is 4.03. The molecule has 0 fully saturated rings. The van der Waals surface area contributed by atoms with Crippen molar-refractivity contribution in [2.45, 2.75) is 19.9 Å². The quantitative estimate of drug-likeness (QED) is 0.906. The second kappa shape index (κ2) is 6.24. The van der Waals surface area contributed by atoms with E-state index in [1.54, 1.807) is 36.6 Å². The SMILES string of the molecule is CNC(=O)c1ccc(Cl)c(NC(C)c2csc(C)n2)c1. The zero-order chi connectivity index (χ0) is 14.7. The molecular formula is C14H16ClN3OS. The maximum absolute atomic E-state index is 11.6. The topological polar surface area (TPSA) is 54.0 Å². The molecule has 106 valence electrons. The highest BCUT2D eigenvalue weighted by molar-refractivity contribution is 7.09. The molecule has 1 heterocycles. The molecule has 1 aromatic carbocycles. The molecule has 1 atom stereocenters. The Balaban J connectivity index is 2.22. The van der Waals surface area contributed by atoms with Crippen molar-refractivity contribution in [3.63, 3.8) is 0 Å². The molecule has 0 aliphatic carbocycles. The van der Waals surface area contributed by atoms with Gasteiger partial charge in [0.1, 0.15) is 0 Å². The third-order valence-electron chi connectivity index (χ3n) is 2.91. The number of nitrogens with zero attached hydrogens (tertiary/aromatic N) is 1. The molecule has 1 aromatic heterocycles. The number of hydrogen-bond acceptors (Lipinski definition) is 4. The molecule has 2 rings (SSSR count). The van der Waals surface area contributed by atoms with E-state index < -0.39 is 0 Å². The summed E-state index contributed by atoms with van der Waals surface area (Å²) >= 11 is 7.78. The Labute approximate surface area is 127 Å². The number of hydrogen-bond donors (Lipinski definition) is 2. The van der Waals surface area contributed by atoms with Crippen LogP contribution in [0.15, 0.2) is 23.6 Å². The molecule has 4 nitrogen and oxygen atoms in total. The zero-order valence-electron chi connectivity index (χ0n) is 11.5. The number of anilines is 1. The van der Waals surface area contributed by atoms with Crippen molar-refractivity contribution in [3.8, 4) is 0 Å². The van der Waals surface area contributed by atoms with E-state index >= 15 is 0 Å². The average molecular weight is 310 g/mol. The summed E-state index contributed by atoms with van der Waals surface area (Å²) in [6.07, 6.45) is 0. The smallest absolute Gasteiger partial charge is 0.251 e. The van der Waals surface area contributed by atoms with Gasteiger partial charge in [0.15, 0.2) is 0 Å². The lowest BCUT2D eigenvalue weighted by Crippen LogP contribution is -2.18. The van der Waals surface area contributed by atoms with Crippen LogP contribution in [-0.2, 0) is 0 Å². The summed E-state index contributed by atoms with van der Waals surface area (Å²) in [4.78, 5) is 16.1. The van der Waals surface area contributed by atoms with E-state index in [0.29, 0.717) is 10.6 Å². The Morgan fingerprint density at radius 3 is 2.80 bits per heavy atom. The predicted octanol–water partition coefficient (Wildman–Crippen LogP) is 3.64. The van der Waals surface area contributed by atoms with Gasteiger partial charge in [0.2, 0.25) is 0 Å². The fourth-order valence-corrected chi connectivity index (χ4v) is 2.69. The minimum Gasteiger partial charge on any atom is -0.376 e. The van der Waals surface area contributed by atoms with Crippen LogP contribution in [0, 0.1) is 6.92 Å². The van der Waals surface area contributed by atoms with E-state index in [9.17, 15) is 4.79 Å². The van der Waals surface area contributed by atoms with Crippen LogP contribution in [0.2, 0.25) is 5.02 Å². The van der Waals surface area contributed by atoms with Crippen molar-refractivity contribution < 1.29 is 4.79 Å². The third kappa shape index (κ3) is 3.29. The zero-order valence-corrected chi connectivity index (χ0v) is 13.1. The summed E-state index contributed by atoms with van der Waals surface area (Å²) in [6, 6.07) is 5.19. The molecule has 2 aromatic rings. The van der Waals surface area contributed by atoms with Gasteiger partial charge in [-0.15, -0.1) is 11.3 Å². The first-order valence-electron chi connectivity index (χ1n) is 6.21. The molecule has 1 amide bonds. The number of amides is 1. The Kier molecular flexibility index (Phi) is 4.62.